The molecule has 1 aromatic carbocycles. The minimum absolute atomic E-state index is 0.0656. The normalized spacial score (nSPS) is 31.7. The van der Waals surface area contributed by atoms with Gasteiger partial charge in [-0.2, -0.15) is 0 Å². The van der Waals surface area contributed by atoms with E-state index in [0.29, 0.717) is 30.1 Å². The third-order valence-electron chi connectivity index (χ3n) is 7.92. The van der Waals surface area contributed by atoms with Crippen molar-refractivity contribution in [1.82, 2.24) is 14.8 Å². The molecular weight excluding hydrogens is 372 g/mol. The van der Waals surface area contributed by atoms with E-state index in [1.165, 1.54) is 22.0 Å². The van der Waals surface area contributed by atoms with Crippen molar-refractivity contribution in [2.45, 2.75) is 82.5 Å². The average molecular weight is 409 g/mol. The van der Waals surface area contributed by atoms with E-state index in [2.05, 4.69) is 60.1 Å². The monoisotopic (exact) mass is 408 g/mol. The van der Waals surface area contributed by atoms with Crippen molar-refractivity contribution in [3.05, 3.63) is 35.5 Å². The van der Waals surface area contributed by atoms with Crippen LogP contribution in [0.4, 0.5) is 0 Å². The fraction of sp³-hybridized carbons (Fsp3) is 0.640. The molecule has 3 N–H and O–H groups in total. The molecule has 0 bridgehead atoms. The Labute approximate surface area is 180 Å². The summed E-state index contributed by atoms with van der Waals surface area (Å²) >= 11 is 0. The minimum atomic E-state index is 0.0656. The number of carbonyl (C=O) groups excluding carboxylic acids is 1. The number of carbonyl (C=O) groups is 1. The van der Waals surface area contributed by atoms with Gasteiger partial charge < -0.3 is 20.5 Å². The van der Waals surface area contributed by atoms with Crippen LogP contribution in [-0.4, -0.2) is 47.1 Å². The number of benzene rings is 1. The van der Waals surface area contributed by atoms with E-state index < -0.39 is 0 Å². The second-order valence-corrected chi connectivity index (χ2v) is 10.3. The zero-order valence-corrected chi connectivity index (χ0v) is 18.6. The molecule has 0 radical (unpaired) electrons. The van der Waals surface area contributed by atoms with Crippen molar-refractivity contribution in [3.8, 4) is 0 Å². The van der Waals surface area contributed by atoms with Gasteiger partial charge in [0.25, 0.3) is 0 Å². The first kappa shape index (κ1) is 20.1. The van der Waals surface area contributed by atoms with Crippen LogP contribution in [0.2, 0.25) is 0 Å². The summed E-state index contributed by atoms with van der Waals surface area (Å²) in [5.74, 6) is 0.743. The van der Waals surface area contributed by atoms with E-state index >= 15 is 0 Å². The number of amides is 1. The number of aromatic nitrogens is 1. The lowest BCUT2D eigenvalue weighted by Crippen LogP contribution is -2.52. The Kier molecular flexibility index (Phi) is 5.14. The molecule has 1 saturated heterocycles. The predicted molar refractivity (Wildman–Crippen MR) is 122 cm³/mol. The largest absolute Gasteiger partial charge is 0.353 e. The number of piperidine rings is 1. The van der Waals surface area contributed by atoms with Crippen molar-refractivity contribution in [2.75, 3.05) is 13.6 Å². The predicted octanol–water partition coefficient (Wildman–Crippen LogP) is 3.57. The Balaban J connectivity index is 1.40. The van der Waals surface area contributed by atoms with E-state index in [1.54, 1.807) is 0 Å². The zero-order valence-electron chi connectivity index (χ0n) is 18.6. The fourth-order valence-corrected chi connectivity index (χ4v) is 6.27. The number of nitrogens with two attached hydrogens (primary N) is 1. The van der Waals surface area contributed by atoms with Crippen LogP contribution in [0.5, 0.6) is 0 Å². The van der Waals surface area contributed by atoms with E-state index in [1.807, 2.05) is 0 Å². The van der Waals surface area contributed by atoms with Gasteiger partial charge in [0.05, 0.1) is 5.92 Å². The fourth-order valence-electron chi connectivity index (χ4n) is 6.27. The molecule has 5 heteroatoms. The molecule has 5 nitrogen and oxygen atoms in total. The molecule has 162 valence electrons. The number of likely N-dealkylation sites (tertiary alicyclic amines) is 1. The summed E-state index contributed by atoms with van der Waals surface area (Å²) in [4.78, 5) is 15.6. The summed E-state index contributed by atoms with van der Waals surface area (Å²) in [6.07, 6.45) is 8.51. The smallest absolute Gasteiger partial charge is 0.224 e. The second-order valence-electron chi connectivity index (χ2n) is 10.3. The lowest BCUT2D eigenvalue weighted by Gasteiger charge is -2.45. The first-order valence-corrected chi connectivity index (χ1v) is 11.8. The molecule has 1 aliphatic heterocycles. The highest BCUT2D eigenvalue weighted by Crippen LogP contribution is 2.45. The van der Waals surface area contributed by atoms with Crippen LogP contribution < -0.4 is 11.1 Å². The first-order chi connectivity index (χ1) is 14.4. The lowest BCUT2D eigenvalue weighted by atomic mass is 9.72. The van der Waals surface area contributed by atoms with Crippen LogP contribution in [0.25, 0.3) is 10.9 Å². The maximum absolute atomic E-state index is 13.2. The molecule has 0 unspecified atom stereocenters. The summed E-state index contributed by atoms with van der Waals surface area (Å²) in [6, 6.07) is 8.34. The quantitative estimate of drug-likeness (QED) is 0.816. The summed E-state index contributed by atoms with van der Waals surface area (Å²) in [5, 5.41) is 4.81. The highest BCUT2D eigenvalue weighted by molar-refractivity contribution is 5.89. The van der Waals surface area contributed by atoms with Gasteiger partial charge in [-0.05, 0) is 76.6 Å². The average Bonchev–Trinajstić information content (AvgIpc) is 3.10. The van der Waals surface area contributed by atoms with E-state index in [-0.39, 0.29) is 11.8 Å². The van der Waals surface area contributed by atoms with Crippen molar-refractivity contribution >= 4 is 16.8 Å². The van der Waals surface area contributed by atoms with Gasteiger partial charge in [-0.15, -0.1) is 0 Å². The minimum Gasteiger partial charge on any atom is -0.353 e. The molecule has 2 fully saturated rings. The van der Waals surface area contributed by atoms with Crippen molar-refractivity contribution < 1.29 is 4.79 Å². The Hall–Kier alpha value is -1.85. The molecule has 30 heavy (non-hydrogen) atoms. The molecule has 2 aromatic rings. The molecule has 1 aromatic heterocycles. The molecule has 1 amide bonds. The highest BCUT2D eigenvalue weighted by Gasteiger charge is 2.42. The molecule has 2 aliphatic carbocycles. The van der Waals surface area contributed by atoms with E-state index in [0.717, 1.165) is 45.1 Å². The molecule has 3 aliphatic rings. The lowest BCUT2D eigenvalue weighted by molar-refractivity contribution is -0.128. The van der Waals surface area contributed by atoms with Crippen molar-refractivity contribution in [1.29, 1.82) is 0 Å². The van der Waals surface area contributed by atoms with E-state index in [9.17, 15) is 4.79 Å². The SMILES string of the molecule is CC(C)n1cc2c3c(cccc31)[C@H]1C[C@@H](C(=O)NC3CCC(N)CC3)CN(C)[C@@H]1C2. The number of fused-ring (bicyclic) bond motifs is 2. The molecule has 3 atom stereocenters. The summed E-state index contributed by atoms with van der Waals surface area (Å²) in [5.41, 5.74) is 10.3. The van der Waals surface area contributed by atoms with Crippen LogP contribution in [0.15, 0.2) is 24.4 Å². The van der Waals surface area contributed by atoms with Gasteiger partial charge in [-0.25, -0.2) is 0 Å². The summed E-state index contributed by atoms with van der Waals surface area (Å²) in [6.45, 7) is 5.37. The highest BCUT2D eigenvalue weighted by atomic mass is 16.2. The maximum Gasteiger partial charge on any atom is 0.224 e. The third-order valence-corrected chi connectivity index (χ3v) is 7.92. The summed E-state index contributed by atoms with van der Waals surface area (Å²) in [7, 11) is 2.21. The number of nitrogens with one attached hydrogen (secondary N) is 1. The second kappa shape index (κ2) is 7.69. The topological polar surface area (TPSA) is 63.3 Å². The van der Waals surface area contributed by atoms with Gasteiger partial charge in [0.15, 0.2) is 0 Å². The number of hydrogen-bond acceptors (Lipinski definition) is 3. The van der Waals surface area contributed by atoms with Gasteiger partial charge in [-0.3, -0.25) is 4.79 Å². The molecule has 1 saturated carbocycles. The third kappa shape index (κ3) is 3.36. The number of hydrogen-bond donors (Lipinski definition) is 2. The number of nitrogens with zero attached hydrogens (tertiary/aromatic N) is 2. The molecule has 0 spiro atoms. The standard InChI is InChI=1S/C25H36N4O/c1-15(2)29-14-16-12-23-21(20-5-4-6-22(29)24(16)20)11-17(13-28(23)3)25(30)27-19-9-7-18(26)8-10-19/h4-6,14-15,17-19,21,23H,7-13,26H2,1-3H3,(H,27,30)/t17-,18?,19?,21-,23-/m1/s1. The van der Waals surface area contributed by atoms with Crippen LogP contribution in [0.1, 0.15) is 69.0 Å². The zero-order chi connectivity index (χ0) is 21.0. The van der Waals surface area contributed by atoms with Gasteiger partial charge in [0.1, 0.15) is 0 Å². The van der Waals surface area contributed by atoms with Crippen LogP contribution in [-0.2, 0) is 11.2 Å². The molecular formula is C25H36N4O. The van der Waals surface area contributed by atoms with Crippen LogP contribution in [0.3, 0.4) is 0 Å². The Bertz CT molecular complexity index is 940. The van der Waals surface area contributed by atoms with Crippen LogP contribution >= 0.6 is 0 Å². The van der Waals surface area contributed by atoms with Crippen molar-refractivity contribution in [3.63, 3.8) is 0 Å². The van der Waals surface area contributed by atoms with Gasteiger partial charge in [0.2, 0.25) is 5.91 Å². The van der Waals surface area contributed by atoms with Gasteiger partial charge in [-0.1, -0.05) is 12.1 Å². The van der Waals surface area contributed by atoms with E-state index in [4.69, 9.17) is 5.73 Å². The first-order valence-electron chi connectivity index (χ1n) is 11.8. The Morgan fingerprint density at radius 1 is 1.20 bits per heavy atom. The Morgan fingerprint density at radius 2 is 1.97 bits per heavy atom. The van der Waals surface area contributed by atoms with Gasteiger partial charge >= 0.3 is 0 Å². The summed E-state index contributed by atoms with van der Waals surface area (Å²) < 4.78 is 2.42. The number of rotatable bonds is 3. The molecule has 5 rings (SSSR count). The Morgan fingerprint density at radius 3 is 2.70 bits per heavy atom. The van der Waals surface area contributed by atoms with Crippen LogP contribution in [0, 0.1) is 5.92 Å². The maximum atomic E-state index is 13.2. The molecule has 2 heterocycles. The van der Waals surface area contributed by atoms with Crippen molar-refractivity contribution in [2.24, 2.45) is 11.7 Å². The van der Waals surface area contributed by atoms with Gasteiger partial charge in [0, 0.05) is 53.7 Å². The number of likely N-dealkylation sites (N-methyl/N-ethyl adjacent to an activating group) is 1.